The smallest absolute Gasteiger partial charge is 0.191 e. The highest BCUT2D eigenvalue weighted by Crippen LogP contribution is 2.28. The molecule has 1 aromatic heterocycles. The van der Waals surface area contributed by atoms with Crippen molar-refractivity contribution < 1.29 is 0 Å². The highest BCUT2D eigenvalue weighted by molar-refractivity contribution is 5.79. The number of aliphatic imine (C=N–C) groups is 1. The molecule has 6 heteroatoms. The zero-order chi connectivity index (χ0) is 15.9. The summed E-state index contributed by atoms with van der Waals surface area (Å²) in [4.78, 5) is 4.31. The van der Waals surface area contributed by atoms with Gasteiger partial charge in [-0.25, -0.2) is 0 Å². The van der Waals surface area contributed by atoms with Gasteiger partial charge in [0.15, 0.2) is 11.8 Å². The van der Waals surface area contributed by atoms with Crippen molar-refractivity contribution in [2.45, 2.75) is 70.9 Å². The lowest BCUT2D eigenvalue weighted by molar-refractivity contribution is 0.481. The van der Waals surface area contributed by atoms with Crippen molar-refractivity contribution in [3.05, 3.63) is 11.6 Å². The summed E-state index contributed by atoms with van der Waals surface area (Å²) in [6.45, 7) is 2.73. The van der Waals surface area contributed by atoms with Crippen molar-refractivity contribution in [1.29, 1.82) is 0 Å². The van der Waals surface area contributed by atoms with E-state index < -0.39 is 0 Å². The lowest BCUT2D eigenvalue weighted by Crippen LogP contribution is -2.38. The molecule has 0 unspecified atom stereocenters. The van der Waals surface area contributed by atoms with Gasteiger partial charge >= 0.3 is 0 Å². The van der Waals surface area contributed by atoms with E-state index in [4.69, 9.17) is 0 Å². The molecule has 0 aromatic carbocycles. The largest absolute Gasteiger partial charge is 0.356 e. The molecule has 3 rings (SSSR count). The molecule has 1 aliphatic heterocycles. The van der Waals surface area contributed by atoms with Gasteiger partial charge in [0.1, 0.15) is 5.82 Å². The van der Waals surface area contributed by atoms with Gasteiger partial charge < -0.3 is 15.2 Å². The van der Waals surface area contributed by atoms with E-state index in [1.54, 1.807) is 0 Å². The topological polar surface area (TPSA) is 67.1 Å². The first-order valence-corrected chi connectivity index (χ1v) is 9.22. The number of guanidine groups is 1. The van der Waals surface area contributed by atoms with E-state index >= 15 is 0 Å². The first-order chi connectivity index (χ1) is 11.4. The second kappa shape index (κ2) is 8.31. The molecular weight excluding hydrogens is 288 g/mol. The van der Waals surface area contributed by atoms with E-state index in [2.05, 4.69) is 30.4 Å². The average molecular weight is 318 g/mol. The molecule has 1 aromatic rings. The number of rotatable bonds is 6. The Kier molecular flexibility index (Phi) is 5.88. The van der Waals surface area contributed by atoms with E-state index in [0.717, 1.165) is 43.0 Å². The monoisotopic (exact) mass is 318 g/mol. The molecule has 2 heterocycles. The van der Waals surface area contributed by atoms with Gasteiger partial charge in [0.25, 0.3) is 0 Å². The summed E-state index contributed by atoms with van der Waals surface area (Å²) in [5, 5.41) is 15.4. The number of nitrogens with zero attached hydrogens (tertiary/aromatic N) is 4. The Balaban J connectivity index is 1.38. The van der Waals surface area contributed by atoms with Gasteiger partial charge in [-0.15, -0.1) is 10.2 Å². The third-order valence-corrected chi connectivity index (χ3v) is 5.13. The Morgan fingerprint density at radius 2 is 2.04 bits per heavy atom. The molecule has 6 nitrogen and oxygen atoms in total. The van der Waals surface area contributed by atoms with E-state index in [1.807, 2.05) is 7.05 Å². The van der Waals surface area contributed by atoms with Crippen molar-refractivity contribution in [3.8, 4) is 0 Å². The Bertz CT molecular complexity index is 515. The number of aryl methyl sites for hydroxylation is 1. The highest BCUT2D eigenvalue weighted by atomic mass is 15.3. The average Bonchev–Trinajstić information content (AvgIpc) is 3.24. The maximum atomic E-state index is 4.32. The third-order valence-electron chi connectivity index (χ3n) is 5.13. The van der Waals surface area contributed by atoms with Gasteiger partial charge in [0.05, 0.1) is 6.54 Å². The van der Waals surface area contributed by atoms with Crippen molar-refractivity contribution in [1.82, 2.24) is 25.4 Å². The summed E-state index contributed by atoms with van der Waals surface area (Å²) >= 11 is 0. The number of hydrogen-bond donors (Lipinski definition) is 2. The molecule has 1 fully saturated rings. The lowest BCUT2D eigenvalue weighted by Gasteiger charge is -2.16. The summed E-state index contributed by atoms with van der Waals surface area (Å²) in [6.07, 6.45) is 11.8. The summed E-state index contributed by atoms with van der Waals surface area (Å²) in [6, 6.07) is 0. The fourth-order valence-corrected chi connectivity index (χ4v) is 3.78. The fraction of sp³-hybridized carbons (Fsp3) is 0.824. The minimum Gasteiger partial charge on any atom is -0.356 e. The maximum absolute atomic E-state index is 4.32. The van der Waals surface area contributed by atoms with Crippen LogP contribution in [0.2, 0.25) is 0 Å². The molecule has 0 atom stereocenters. The van der Waals surface area contributed by atoms with Crippen LogP contribution in [-0.2, 0) is 19.5 Å². The summed E-state index contributed by atoms with van der Waals surface area (Å²) < 4.78 is 2.25. The van der Waals surface area contributed by atoms with Gasteiger partial charge in [0.2, 0.25) is 0 Å². The predicted molar refractivity (Wildman–Crippen MR) is 92.4 cm³/mol. The number of nitrogens with one attached hydrogen (secondary N) is 2. The summed E-state index contributed by atoms with van der Waals surface area (Å²) in [5.74, 6) is 3.99. The second-order valence-corrected chi connectivity index (χ2v) is 6.79. The van der Waals surface area contributed by atoms with Crippen LogP contribution in [0.25, 0.3) is 0 Å². The molecule has 128 valence electrons. The van der Waals surface area contributed by atoms with Crippen LogP contribution in [0.3, 0.4) is 0 Å². The SMILES string of the molecule is CN=C(NCCCC1CCCC1)NCc1nnc2n1CCCC2. The second-order valence-electron chi connectivity index (χ2n) is 6.79. The van der Waals surface area contributed by atoms with Crippen molar-refractivity contribution in [3.63, 3.8) is 0 Å². The van der Waals surface area contributed by atoms with Crippen LogP contribution < -0.4 is 10.6 Å². The van der Waals surface area contributed by atoms with Gasteiger partial charge in [0, 0.05) is 26.6 Å². The highest BCUT2D eigenvalue weighted by Gasteiger charge is 2.16. The minimum atomic E-state index is 0.690. The minimum absolute atomic E-state index is 0.690. The quantitative estimate of drug-likeness (QED) is 0.479. The van der Waals surface area contributed by atoms with Crippen LogP contribution in [0.15, 0.2) is 4.99 Å². The first kappa shape index (κ1) is 16.3. The van der Waals surface area contributed by atoms with Crippen molar-refractivity contribution in [2.24, 2.45) is 10.9 Å². The van der Waals surface area contributed by atoms with E-state index in [0.29, 0.717) is 6.54 Å². The molecule has 0 saturated heterocycles. The Hall–Kier alpha value is -1.59. The Labute approximate surface area is 139 Å². The normalized spacial score (nSPS) is 18.9. The van der Waals surface area contributed by atoms with Gasteiger partial charge in [-0.1, -0.05) is 25.7 Å². The number of fused-ring (bicyclic) bond motifs is 1. The van der Waals surface area contributed by atoms with Crippen LogP contribution >= 0.6 is 0 Å². The molecule has 23 heavy (non-hydrogen) atoms. The van der Waals surface area contributed by atoms with Gasteiger partial charge in [-0.3, -0.25) is 4.99 Å². The Morgan fingerprint density at radius 3 is 2.87 bits per heavy atom. The van der Waals surface area contributed by atoms with Gasteiger partial charge in [-0.2, -0.15) is 0 Å². The molecule has 1 aliphatic carbocycles. The van der Waals surface area contributed by atoms with E-state index in [1.165, 1.54) is 51.4 Å². The van der Waals surface area contributed by atoms with Crippen molar-refractivity contribution >= 4 is 5.96 Å². The molecule has 0 amide bonds. The maximum Gasteiger partial charge on any atom is 0.191 e. The Morgan fingerprint density at radius 1 is 1.17 bits per heavy atom. The van der Waals surface area contributed by atoms with E-state index in [-0.39, 0.29) is 0 Å². The fourth-order valence-electron chi connectivity index (χ4n) is 3.78. The molecule has 0 radical (unpaired) electrons. The number of aromatic nitrogens is 3. The third kappa shape index (κ3) is 4.45. The van der Waals surface area contributed by atoms with Crippen LogP contribution in [-0.4, -0.2) is 34.3 Å². The van der Waals surface area contributed by atoms with Crippen molar-refractivity contribution in [2.75, 3.05) is 13.6 Å². The van der Waals surface area contributed by atoms with Crippen LogP contribution in [0.4, 0.5) is 0 Å². The van der Waals surface area contributed by atoms with Crippen LogP contribution in [0.5, 0.6) is 0 Å². The molecule has 0 bridgehead atoms. The standard InChI is InChI=1S/C17H30N6/c1-18-17(19-11-6-9-14-7-2-3-8-14)20-13-16-22-21-15-10-4-5-12-23(15)16/h14H,2-13H2,1H3,(H2,18,19,20). The first-order valence-electron chi connectivity index (χ1n) is 9.22. The lowest BCUT2D eigenvalue weighted by atomic mass is 10.0. The molecular formula is C17H30N6. The van der Waals surface area contributed by atoms with E-state index in [9.17, 15) is 0 Å². The zero-order valence-electron chi connectivity index (χ0n) is 14.4. The summed E-state index contributed by atoms with van der Waals surface area (Å²) in [7, 11) is 1.82. The molecule has 0 spiro atoms. The molecule has 2 aliphatic rings. The number of hydrogen-bond acceptors (Lipinski definition) is 3. The molecule has 1 saturated carbocycles. The van der Waals surface area contributed by atoms with Gasteiger partial charge in [-0.05, 0) is 31.6 Å². The predicted octanol–water partition coefficient (Wildman–Crippen LogP) is 2.25. The summed E-state index contributed by atoms with van der Waals surface area (Å²) in [5.41, 5.74) is 0. The zero-order valence-corrected chi connectivity index (χ0v) is 14.4. The van der Waals surface area contributed by atoms with Crippen LogP contribution in [0, 0.1) is 5.92 Å². The van der Waals surface area contributed by atoms with Crippen LogP contribution in [0.1, 0.15) is 63.0 Å². The molecule has 2 N–H and O–H groups in total.